The highest BCUT2D eigenvalue weighted by Crippen LogP contribution is 2.27. The number of ether oxygens (including phenoxy) is 2. The van der Waals surface area contributed by atoms with Crippen LogP contribution in [0.1, 0.15) is 35.3 Å². The molecule has 2 aromatic rings. The Kier molecular flexibility index (Phi) is 4.81. The molecule has 1 heterocycles. The summed E-state index contributed by atoms with van der Waals surface area (Å²) in [5, 5.41) is 0. The van der Waals surface area contributed by atoms with Crippen LogP contribution < -0.4 is 15.2 Å². The zero-order valence-electron chi connectivity index (χ0n) is 13.0. The summed E-state index contributed by atoms with van der Waals surface area (Å²) in [6.45, 7) is 6.32. The average molecular weight is 286 g/mol. The van der Waals surface area contributed by atoms with E-state index in [9.17, 15) is 0 Å². The molecule has 0 aliphatic rings. The summed E-state index contributed by atoms with van der Waals surface area (Å²) in [6.07, 6.45) is 1.81. The van der Waals surface area contributed by atoms with Crippen molar-refractivity contribution in [1.29, 1.82) is 0 Å². The van der Waals surface area contributed by atoms with Crippen LogP contribution >= 0.6 is 0 Å². The van der Waals surface area contributed by atoms with Gasteiger partial charge in [0.25, 0.3) is 0 Å². The highest BCUT2D eigenvalue weighted by atomic mass is 16.5. The second kappa shape index (κ2) is 6.59. The molecule has 2 N–H and O–H groups in total. The molecule has 4 nitrogen and oxygen atoms in total. The van der Waals surface area contributed by atoms with E-state index in [0.29, 0.717) is 6.61 Å². The number of pyridine rings is 1. The highest BCUT2D eigenvalue weighted by Gasteiger charge is 2.12. The highest BCUT2D eigenvalue weighted by molar-refractivity contribution is 5.41. The van der Waals surface area contributed by atoms with Crippen LogP contribution in [0, 0.1) is 13.8 Å². The minimum atomic E-state index is -0.0668. The number of aromatic nitrogens is 1. The Morgan fingerprint density at radius 3 is 2.62 bits per heavy atom. The quantitative estimate of drug-likeness (QED) is 0.916. The molecule has 0 aliphatic carbocycles. The van der Waals surface area contributed by atoms with Gasteiger partial charge in [0.1, 0.15) is 18.1 Å². The van der Waals surface area contributed by atoms with Crippen molar-refractivity contribution in [1.82, 2.24) is 4.98 Å². The topological polar surface area (TPSA) is 57.4 Å². The van der Waals surface area contributed by atoms with E-state index in [0.717, 1.165) is 33.9 Å². The monoisotopic (exact) mass is 286 g/mol. The molecule has 4 heteroatoms. The second-order valence-electron chi connectivity index (χ2n) is 5.16. The number of hydrogen-bond acceptors (Lipinski definition) is 4. The first kappa shape index (κ1) is 15.3. The minimum absolute atomic E-state index is 0.0668. The Bertz CT molecular complexity index is 624. The van der Waals surface area contributed by atoms with Gasteiger partial charge in [0, 0.05) is 28.9 Å². The van der Waals surface area contributed by atoms with E-state index in [1.807, 2.05) is 51.2 Å². The molecule has 21 heavy (non-hydrogen) atoms. The second-order valence-corrected chi connectivity index (χ2v) is 5.16. The fourth-order valence-electron chi connectivity index (χ4n) is 2.35. The molecule has 0 fully saturated rings. The Morgan fingerprint density at radius 2 is 1.95 bits per heavy atom. The van der Waals surface area contributed by atoms with Gasteiger partial charge in [-0.15, -0.1) is 0 Å². The third kappa shape index (κ3) is 3.34. The van der Waals surface area contributed by atoms with Crippen molar-refractivity contribution in [2.75, 3.05) is 7.11 Å². The third-order valence-electron chi connectivity index (χ3n) is 3.52. The number of benzene rings is 1. The van der Waals surface area contributed by atoms with Gasteiger partial charge in [-0.3, -0.25) is 4.98 Å². The lowest BCUT2D eigenvalue weighted by Crippen LogP contribution is -2.09. The molecule has 1 aromatic carbocycles. The minimum Gasteiger partial charge on any atom is -0.496 e. The summed E-state index contributed by atoms with van der Waals surface area (Å²) >= 11 is 0. The first-order valence-corrected chi connectivity index (χ1v) is 7.01. The molecule has 0 spiro atoms. The fourth-order valence-corrected chi connectivity index (χ4v) is 2.35. The van der Waals surface area contributed by atoms with Crippen molar-refractivity contribution in [3.63, 3.8) is 0 Å². The first-order chi connectivity index (χ1) is 10.0. The van der Waals surface area contributed by atoms with Gasteiger partial charge in [0.2, 0.25) is 0 Å². The summed E-state index contributed by atoms with van der Waals surface area (Å²) in [6, 6.07) is 7.75. The van der Waals surface area contributed by atoms with Crippen molar-refractivity contribution in [3.8, 4) is 11.5 Å². The van der Waals surface area contributed by atoms with Crippen molar-refractivity contribution >= 4 is 0 Å². The van der Waals surface area contributed by atoms with E-state index < -0.39 is 0 Å². The zero-order valence-corrected chi connectivity index (χ0v) is 13.0. The maximum Gasteiger partial charge on any atom is 0.131 e. The average Bonchev–Trinajstić information content (AvgIpc) is 2.47. The largest absolute Gasteiger partial charge is 0.496 e. The molecule has 0 amide bonds. The van der Waals surface area contributed by atoms with Crippen LogP contribution in [0.2, 0.25) is 0 Å². The Labute approximate surface area is 125 Å². The number of methoxy groups -OCH3 is 1. The van der Waals surface area contributed by atoms with E-state index in [-0.39, 0.29) is 6.04 Å². The summed E-state index contributed by atoms with van der Waals surface area (Å²) < 4.78 is 11.3. The number of hydrogen-bond donors (Lipinski definition) is 1. The van der Waals surface area contributed by atoms with Crippen LogP contribution in [0.3, 0.4) is 0 Å². The van der Waals surface area contributed by atoms with Crippen LogP contribution in [0.4, 0.5) is 0 Å². The predicted octanol–water partition coefficient (Wildman–Crippen LogP) is 3.31. The SMILES string of the molecule is COc1c(C)cnc(COc2ccccc2[C@@H](C)N)c1C. The molecule has 0 saturated heterocycles. The van der Waals surface area contributed by atoms with Crippen molar-refractivity contribution < 1.29 is 9.47 Å². The van der Waals surface area contributed by atoms with Crippen LogP contribution in [-0.4, -0.2) is 12.1 Å². The van der Waals surface area contributed by atoms with Crippen molar-refractivity contribution in [2.45, 2.75) is 33.4 Å². The van der Waals surface area contributed by atoms with Crippen LogP contribution in [0.5, 0.6) is 11.5 Å². The lowest BCUT2D eigenvalue weighted by atomic mass is 10.1. The molecule has 0 unspecified atom stereocenters. The van der Waals surface area contributed by atoms with Gasteiger partial charge in [-0.25, -0.2) is 0 Å². The molecule has 0 aliphatic heterocycles. The third-order valence-corrected chi connectivity index (χ3v) is 3.52. The summed E-state index contributed by atoms with van der Waals surface area (Å²) in [7, 11) is 1.67. The fraction of sp³-hybridized carbons (Fsp3) is 0.353. The van der Waals surface area contributed by atoms with Crippen LogP contribution in [0.15, 0.2) is 30.5 Å². The molecule has 112 valence electrons. The molecular formula is C17H22N2O2. The number of nitrogens with two attached hydrogens (primary N) is 1. The molecule has 1 aromatic heterocycles. The van der Waals surface area contributed by atoms with Crippen LogP contribution in [-0.2, 0) is 6.61 Å². The molecule has 0 saturated carbocycles. The summed E-state index contributed by atoms with van der Waals surface area (Å²) in [4.78, 5) is 4.44. The van der Waals surface area contributed by atoms with Gasteiger partial charge < -0.3 is 15.2 Å². The number of nitrogens with zero attached hydrogens (tertiary/aromatic N) is 1. The molecule has 2 rings (SSSR count). The number of para-hydroxylation sites is 1. The molecule has 0 radical (unpaired) electrons. The van der Waals surface area contributed by atoms with Gasteiger partial charge in [0.15, 0.2) is 0 Å². The van der Waals surface area contributed by atoms with Gasteiger partial charge >= 0.3 is 0 Å². The van der Waals surface area contributed by atoms with Gasteiger partial charge in [0.05, 0.1) is 12.8 Å². The zero-order chi connectivity index (χ0) is 15.4. The lowest BCUT2D eigenvalue weighted by molar-refractivity contribution is 0.294. The summed E-state index contributed by atoms with van der Waals surface area (Å²) in [5.74, 6) is 1.66. The van der Waals surface area contributed by atoms with Crippen LogP contribution in [0.25, 0.3) is 0 Å². The molecule has 0 bridgehead atoms. The lowest BCUT2D eigenvalue weighted by Gasteiger charge is -2.16. The van der Waals surface area contributed by atoms with Gasteiger partial charge in [-0.1, -0.05) is 18.2 Å². The maximum absolute atomic E-state index is 5.96. The molecular weight excluding hydrogens is 264 g/mol. The van der Waals surface area contributed by atoms with E-state index in [1.54, 1.807) is 7.11 Å². The van der Waals surface area contributed by atoms with E-state index in [1.165, 1.54) is 0 Å². The number of aryl methyl sites for hydroxylation is 1. The first-order valence-electron chi connectivity index (χ1n) is 7.01. The van der Waals surface area contributed by atoms with E-state index in [4.69, 9.17) is 15.2 Å². The van der Waals surface area contributed by atoms with Crippen molar-refractivity contribution in [2.24, 2.45) is 5.73 Å². The Balaban J connectivity index is 2.21. The number of rotatable bonds is 5. The smallest absolute Gasteiger partial charge is 0.131 e. The summed E-state index contributed by atoms with van der Waals surface area (Å²) in [5.41, 5.74) is 9.86. The normalized spacial score (nSPS) is 12.0. The van der Waals surface area contributed by atoms with E-state index in [2.05, 4.69) is 4.98 Å². The predicted molar refractivity (Wildman–Crippen MR) is 83.6 cm³/mol. The van der Waals surface area contributed by atoms with Crippen molar-refractivity contribution in [3.05, 3.63) is 52.8 Å². The maximum atomic E-state index is 5.96. The Hall–Kier alpha value is -2.07. The van der Waals surface area contributed by atoms with E-state index >= 15 is 0 Å². The Morgan fingerprint density at radius 1 is 1.24 bits per heavy atom. The van der Waals surface area contributed by atoms with Gasteiger partial charge in [-0.05, 0) is 26.8 Å². The van der Waals surface area contributed by atoms with Gasteiger partial charge in [-0.2, -0.15) is 0 Å². The molecule has 1 atom stereocenters. The standard InChI is InChI=1S/C17H22N2O2/c1-11-9-19-15(12(2)17(11)20-4)10-21-16-8-6-5-7-14(16)13(3)18/h5-9,13H,10,18H2,1-4H3/t13-/m1/s1.